The SMILES string of the molecule is CC(C)CNC(=O)CSc1nc2ccccc2c(=O)n1-c1ccc(F)cc1F. The topological polar surface area (TPSA) is 64.0 Å². The van der Waals surface area contributed by atoms with Crippen molar-refractivity contribution in [3.63, 3.8) is 0 Å². The quantitative estimate of drug-likeness (QED) is 0.505. The van der Waals surface area contributed by atoms with E-state index in [2.05, 4.69) is 10.3 Å². The Bertz CT molecular complexity index is 1080. The second-order valence-electron chi connectivity index (χ2n) is 6.63. The monoisotopic (exact) mass is 403 g/mol. The maximum atomic E-state index is 14.4. The first kappa shape index (κ1) is 20.0. The summed E-state index contributed by atoms with van der Waals surface area (Å²) in [5, 5.41) is 3.25. The van der Waals surface area contributed by atoms with Crippen molar-refractivity contribution in [2.75, 3.05) is 12.3 Å². The molecule has 0 aliphatic carbocycles. The first-order valence-corrected chi connectivity index (χ1v) is 9.72. The van der Waals surface area contributed by atoms with Gasteiger partial charge in [-0.25, -0.2) is 13.8 Å². The summed E-state index contributed by atoms with van der Waals surface area (Å²) in [4.78, 5) is 29.5. The maximum absolute atomic E-state index is 14.4. The Balaban J connectivity index is 2.05. The Labute approximate surface area is 164 Å². The summed E-state index contributed by atoms with van der Waals surface area (Å²) in [5.41, 5.74) is -0.160. The van der Waals surface area contributed by atoms with Crippen LogP contribution in [0.4, 0.5) is 8.78 Å². The highest BCUT2D eigenvalue weighted by molar-refractivity contribution is 7.99. The molecule has 0 radical (unpaired) electrons. The highest BCUT2D eigenvalue weighted by Crippen LogP contribution is 2.23. The number of fused-ring (bicyclic) bond motifs is 1. The number of thioether (sulfide) groups is 1. The standard InChI is InChI=1S/C20H19F2N3O2S/c1-12(2)10-23-18(26)11-28-20-24-16-6-4-3-5-14(16)19(27)25(20)17-8-7-13(21)9-15(17)22/h3-9,12H,10-11H2,1-2H3,(H,23,26). The lowest BCUT2D eigenvalue weighted by Crippen LogP contribution is -2.29. The van der Waals surface area contributed by atoms with E-state index in [9.17, 15) is 18.4 Å². The van der Waals surface area contributed by atoms with E-state index in [1.807, 2.05) is 13.8 Å². The van der Waals surface area contributed by atoms with Gasteiger partial charge in [0.25, 0.3) is 5.56 Å². The molecule has 0 unspecified atom stereocenters. The molecular weight excluding hydrogens is 384 g/mol. The minimum absolute atomic E-state index is 0.0142. The van der Waals surface area contributed by atoms with Crippen LogP contribution in [0, 0.1) is 17.6 Å². The molecule has 0 atom stereocenters. The molecule has 3 aromatic rings. The van der Waals surface area contributed by atoms with Crippen LogP contribution < -0.4 is 10.9 Å². The van der Waals surface area contributed by atoms with Crippen LogP contribution in [-0.2, 0) is 4.79 Å². The summed E-state index contributed by atoms with van der Waals surface area (Å²) < 4.78 is 28.8. The van der Waals surface area contributed by atoms with Crippen molar-refractivity contribution in [1.29, 1.82) is 0 Å². The van der Waals surface area contributed by atoms with Gasteiger partial charge in [0.2, 0.25) is 5.91 Å². The van der Waals surface area contributed by atoms with Gasteiger partial charge in [0.15, 0.2) is 5.16 Å². The van der Waals surface area contributed by atoms with Crippen LogP contribution in [0.2, 0.25) is 0 Å². The molecule has 0 aliphatic heterocycles. The van der Waals surface area contributed by atoms with Crippen LogP contribution in [0.3, 0.4) is 0 Å². The number of aromatic nitrogens is 2. The van der Waals surface area contributed by atoms with E-state index in [0.29, 0.717) is 29.4 Å². The molecule has 146 valence electrons. The highest BCUT2D eigenvalue weighted by atomic mass is 32.2. The third-order valence-corrected chi connectivity index (χ3v) is 4.87. The number of hydrogen-bond donors (Lipinski definition) is 1. The molecule has 1 N–H and O–H groups in total. The van der Waals surface area contributed by atoms with Crippen molar-refractivity contribution in [2.24, 2.45) is 5.92 Å². The Morgan fingerprint density at radius 2 is 1.96 bits per heavy atom. The van der Waals surface area contributed by atoms with Gasteiger partial charge in [0.1, 0.15) is 11.6 Å². The molecule has 8 heteroatoms. The molecule has 0 saturated carbocycles. The van der Waals surface area contributed by atoms with Gasteiger partial charge < -0.3 is 5.32 Å². The van der Waals surface area contributed by atoms with Crippen molar-refractivity contribution < 1.29 is 13.6 Å². The molecule has 2 aromatic carbocycles. The summed E-state index contributed by atoms with van der Waals surface area (Å²) in [6.07, 6.45) is 0. The summed E-state index contributed by atoms with van der Waals surface area (Å²) >= 11 is 1.02. The number of hydrogen-bond acceptors (Lipinski definition) is 4. The van der Waals surface area contributed by atoms with Crippen molar-refractivity contribution in [3.05, 3.63) is 64.5 Å². The molecule has 3 rings (SSSR count). The second kappa shape index (κ2) is 8.52. The zero-order valence-electron chi connectivity index (χ0n) is 15.4. The fourth-order valence-electron chi connectivity index (χ4n) is 2.58. The first-order valence-electron chi connectivity index (χ1n) is 8.73. The predicted octanol–water partition coefficient (Wildman–Crippen LogP) is 3.53. The zero-order chi connectivity index (χ0) is 20.3. The van der Waals surface area contributed by atoms with Crippen LogP contribution in [0.15, 0.2) is 52.4 Å². The second-order valence-corrected chi connectivity index (χ2v) is 7.58. The van der Waals surface area contributed by atoms with Gasteiger partial charge >= 0.3 is 0 Å². The molecule has 5 nitrogen and oxygen atoms in total. The summed E-state index contributed by atoms with van der Waals surface area (Å²) in [6, 6.07) is 9.65. The Morgan fingerprint density at radius 1 is 1.21 bits per heavy atom. The number of para-hydroxylation sites is 1. The number of nitrogens with one attached hydrogen (secondary N) is 1. The van der Waals surface area contributed by atoms with Crippen LogP contribution in [0.1, 0.15) is 13.8 Å². The highest BCUT2D eigenvalue weighted by Gasteiger charge is 2.17. The number of benzene rings is 2. The van der Waals surface area contributed by atoms with Crippen LogP contribution in [-0.4, -0.2) is 27.8 Å². The molecule has 1 aromatic heterocycles. The number of nitrogens with zero attached hydrogens (tertiary/aromatic N) is 2. The summed E-state index contributed by atoms with van der Waals surface area (Å²) in [6.45, 7) is 4.49. The van der Waals surface area contributed by atoms with Gasteiger partial charge in [-0.15, -0.1) is 0 Å². The van der Waals surface area contributed by atoms with Gasteiger partial charge in [-0.05, 0) is 30.2 Å². The molecule has 0 aliphatic rings. The van der Waals surface area contributed by atoms with Crippen LogP contribution >= 0.6 is 11.8 Å². The number of amides is 1. The lowest BCUT2D eigenvalue weighted by atomic mass is 10.2. The van der Waals surface area contributed by atoms with Gasteiger partial charge in [-0.3, -0.25) is 14.2 Å². The van der Waals surface area contributed by atoms with E-state index < -0.39 is 17.2 Å². The lowest BCUT2D eigenvalue weighted by molar-refractivity contribution is -0.118. The first-order chi connectivity index (χ1) is 13.4. The fourth-order valence-corrected chi connectivity index (χ4v) is 3.42. The lowest BCUT2D eigenvalue weighted by Gasteiger charge is -2.14. The molecule has 0 bridgehead atoms. The average molecular weight is 403 g/mol. The van der Waals surface area contributed by atoms with E-state index in [4.69, 9.17) is 0 Å². The number of halogens is 2. The number of carbonyl (C=O) groups excluding carboxylic acids is 1. The third-order valence-electron chi connectivity index (χ3n) is 3.94. The van der Waals surface area contributed by atoms with Crippen molar-refractivity contribution in [3.8, 4) is 5.69 Å². The Morgan fingerprint density at radius 3 is 2.68 bits per heavy atom. The predicted molar refractivity (Wildman–Crippen MR) is 106 cm³/mol. The summed E-state index contributed by atoms with van der Waals surface area (Å²) in [7, 11) is 0. The van der Waals surface area contributed by atoms with Crippen molar-refractivity contribution in [1.82, 2.24) is 14.9 Å². The van der Waals surface area contributed by atoms with E-state index in [1.165, 1.54) is 6.07 Å². The smallest absolute Gasteiger partial charge is 0.266 e. The van der Waals surface area contributed by atoms with Gasteiger partial charge in [0, 0.05) is 12.6 Å². The molecular formula is C20H19F2N3O2S. The Kier molecular flexibility index (Phi) is 6.08. The van der Waals surface area contributed by atoms with Crippen molar-refractivity contribution >= 4 is 28.6 Å². The van der Waals surface area contributed by atoms with E-state index in [0.717, 1.165) is 22.4 Å². The molecule has 0 spiro atoms. The van der Waals surface area contributed by atoms with Crippen LogP contribution in [0.5, 0.6) is 0 Å². The van der Waals surface area contributed by atoms with Gasteiger partial charge in [-0.2, -0.15) is 0 Å². The zero-order valence-corrected chi connectivity index (χ0v) is 16.2. The van der Waals surface area contributed by atoms with Crippen molar-refractivity contribution in [2.45, 2.75) is 19.0 Å². The summed E-state index contributed by atoms with van der Waals surface area (Å²) in [5.74, 6) is -1.53. The maximum Gasteiger partial charge on any atom is 0.266 e. The fraction of sp³-hybridized carbons (Fsp3) is 0.250. The van der Waals surface area contributed by atoms with E-state index >= 15 is 0 Å². The van der Waals surface area contributed by atoms with Crippen LogP contribution in [0.25, 0.3) is 16.6 Å². The minimum atomic E-state index is -0.884. The third kappa shape index (κ3) is 4.39. The number of carbonyl (C=O) groups is 1. The van der Waals surface area contributed by atoms with E-state index in [1.54, 1.807) is 24.3 Å². The molecule has 1 heterocycles. The Hall–Kier alpha value is -2.74. The normalized spacial score (nSPS) is 11.2. The molecule has 1 amide bonds. The molecule has 0 fully saturated rings. The minimum Gasteiger partial charge on any atom is -0.355 e. The average Bonchev–Trinajstić information content (AvgIpc) is 2.66. The largest absolute Gasteiger partial charge is 0.355 e. The van der Waals surface area contributed by atoms with Gasteiger partial charge in [-0.1, -0.05) is 37.7 Å². The molecule has 28 heavy (non-hydrogen) atoms. The van der Waals surface area contributed by atoms with Gasteiger partial charge in [0.05, 0.1) is 22.3 Å². The number of rotatable bonds is 6. The molecule has 0 saturated heterocycles. The van der Waals surface area contributed by atoms with E-state index in [-0.39, 0.29) is 22.5 Å².